The molecule has 0 N–H and O–H groups in total. The summed E-state index contributed by atoms with van der Waals surface area (Å²) in [7, 11) is 3.36. The van der Waals surface area contributed by atoms with Crippen LogP contribution >= 0.6 is 0 Å². The third kappa shape index (κ3) is 2.30. The smallest absolute Gasteiger partial charge is 0.243 e. The molecule has 1 aromatic rings. The minimum atomic E-state index is -0.735. The van der Waals surface area contributed by atoms with E-state index in [-0.39, 0.29) is 5.91 Å². The van der Waals surface area contributed by atoms with Crippen molar-refractivity contribution in [1.82, 2.24) is 4.90 Å². The van der Waals surface area contributed by atoms with Gasteiger partial charge in [0.1, 0.15) is 11.2 Å². The molecule has 0 aromatic heterocycles. The maximum Gasteiger partial charge on any atom is 0.243 e. The molecule has 0 aliphatic heterocycles. The minimum absolute atomic E-state index is 0.0687. The Hall–Kier alpha value is -2.02. The predicted octanol–water partition coefficient (Wildman–Crippen LogP) is 1.96. The quantitative estimate of drug-likeness (QED) is 0.813. The molecule has 1 fully saturated rings. The van der Waals surface area contributed by atoms with Crippen LogP contribution in [-0.4, -0.2) is 25.0 Å². The maximum absolute atomic E-state index is 12.1. The van der Waals surface area contributed by atoms with E-state index in [1.54, 1.807) is 19.1 Å². The van der Waals surface area contributed by atoms with Crippen molar-refractivity contribution in [1.29, 1.82) is 5.26 Å². The van der Waals surface area contributed by atoms with Gasteiger partial charge in [0.2, 0.25) is 5.91 Å². The van der Waals surface area contributed by atoms with E-state index in [4.69, 9.17) is 10.00 Å². The Morgan fingerprint density at radius 1 is 1.44 bits per heavy atom. The molecule has 94 valence electrons. The zero-order chi connectivity index (χ0) is 13.2. The van der Waals surface area contributed by atoms with Crippen LogP contribution in [0.25, 0.3) is 0 Å². The van der Waals surface area contributed by atoms with Crippen molar-refractivity contribution in [3.05, 3.63) is 29.8 Å². The van der Waals surface area contributed by atoms with Gasteiger partial charge in [0.15, 0.2) is 0 Å². The van der Waals surface area contributed by atoms with Crippen LogP contribution in [-0.2, 0) is 11.3 Å². The average molecular weight is 244 g/mol. The van der Waals surface area contributed by atoms with Crippen molar-refractivity contribution in [3.8, 4) is 11.8 Å². The van der Waals surface area contributed by atoms with E-state index < -0.39 is 5.41 Å². The Kier molecular flexibility index (Phi) is 3.24. The molecular formula is C14H16N2O2. The number of rotatable bonds is 4. The molecule has 1 aromatic carbocycles. The van der Waals surface area contributed by atoms with Gasteiger partial charge in [-0.2, -0.15) is 5.26 Å². The monoisotopic (exact) mass is 244 g/mol. The van der Waals surface area contributed by atoms with E-state index in [0.29, 0.717) is 19.4 Å². The Balaban J connectivity index is 2.00. The van der Waals surface area contributed by atoms with Gasteiger partial charge in [-0.25, -0.2) is 0 Å². The lowest BCUT2D eigenvalue weighted by molar-refractivity contribution is -0.134. The SMILES string of the molecule is COc1ccc(CN(C)C(=O)C2(C#N)CC2)cc1. The van der Waals surface area contributed by atoms with Gasteiger partial charge < -0.3 is 9.64 Å². The van der Waals surface area contributed by atoms with Crippen LogP contribution in [0.15, 0.2) is 24.3 Å². The standard InChI is InChI=1S/C14H16N2O2/c1-16(13(17)14(10-15)7-8-14)9-11-3-5-12(18-2)6-4-11/h3-6H,7-9H2,1-2H3. The summed E-state index contributed by atoms with van der Waals surface area (Å²) < 4.78 is 5.08. The van der Waals surface area contributed by atoms with Gasteiger partial charge >= 0.3 is 0 Å². The molecule has 2 rings (SSSR count). The highest BCUT2D eigenvalue weighted by Crippen LogP contribution is 2.46. The molecule has 0 spiro atoms. The van der Waals surface area contributed by atoms with Gasteiger partial charge in [0.05, 0.1) is 13.2 Å². The normalized spacial score (nSPS) is 15.6. The summed E-state index contributed by atoms with van der Waals surface area (Å²) in [6.07, 6.45) is 1.38. The molecule has 0 atom stereocenters. The lowest BCUT2D eigenvalue weighted by Crippen LogP contribution is -2.32. The number of nitriles is 1. The third-order valence-corrected chi connectivity index (χ3v) is 3.30. The average Bonchev–Trinajstić information content (AvgIpc) is 3.19. The number of hydrogen-bond acceptors (Lipinski definition) is 3. The molecule has 0 saturated heterocycles. The van der Waals surface area contributed by atoms with Gasteiger partial charge in [-0.05, 0) is 30.5 Å². The number of carbonyl (C=O) groups excluding carboxylic acids is 1. The topological polar surface area (TPSA) is 53.3 Å². The van der Waals surface area contributed by atoms with Gasteiger partial charge in [-0.1, -0.05) is 12.1 Å². The summed E-state index contributed by atoms with van der Waals surface area (Å²) in [6, 6.07) is 9.71. The van der Waals surface area contributed by atoms with Crippen LogP contribution < -0.4 is 4.74 Å². The van der Waals surface area contributed by atoms with Crippen molar-refractivity contribution < 1.29 is 9.53 Å². The van der Waals surface area contributed by atoms with E-state index in [1.165, 1.54) is 0 Å². The van der Waals surface area contributed by atoms with Crippen LogP contribution in [0.4, 0.5) is 0 Å². The minimum Gasteiger partial charge on any atom is -0.497 e. The Morgan fingerprint density at radius 2 is 2.06 bits per heavy atom. The zero-order valence-electron chi connectivity index (χ0n) is 10.6. The first-order chi connectivity index (χ1) is 8.61. The number of amides is 1. The first-order valence-electron chi connectivity index (χ1n) is 5.91. The Bertz CT molecular complexity index is 484. The fourth-order valence-electron chi connectivity index (χ4n) is 1.94. The predicted molar refractivity (Wildman–Crippen MR) is 66.7 cm³/mol. The number of ether oxygens (including phenoxy) is 1. The summed E-state index contributed by atoms with van der Waals surface area (Å²) in [5.41, 5.74) is 0.293. The fraction of sp³-hybridized carbons (Fsp3) is 0.429. The van der Waals surface area contributed by atoms with Crippen molar-refractivity contribution in [3.63, 3.8) is 0 Å². The van der Waals surface area contributed by atoms with Crippen molar-refractivity contribution in [2.75, 3.05) is 14.2 Å². The van der Waals surface area contributed by atoms with E-state index in [0.717, 1.165) is 11.3 Å². The molecule has 1 aliphatic rings. The van der Waals surface area contributed by atoms with Crippen molar-refractivity contribution >= 4 is 5.91 Å². The van der Waals surface area contributed by atoms with Gasteiger partial charge in [0, 0.05) is 13.6 Å². The summed E-state index contributed by atoms with van der Waals surface area (Å²) in [4.78, 5) is 13.7. The molecule has 0 bridgehead atoms. The molecule has 0 unspecified atom stereocenters. The summed E-state index contributed by atoms with van der Waals surface area (Å²) >= 11 is 0. The third-order valence-electron chi connectivity index (χ3n) is 3.30. The number of carbonyl (C=O) groups is 1. The summed E-state index contributed by atoms with van der Waals surface area (Å²) in [5, 5.41) is 9.00. The van der Waals surface area contributed by atoms with E-state index >= 15 is 0 Å². The molecule has 1 amide bonds. The summed E-state index contributed by atoms with van der Waals surface area (Å²) in [5.74, 6) is 0.726. The lowest BCUT2D eigenvalue weighted by Gasteiger charge is -2.19. The van der Waals surface area contributed by atoms with Crippen molar-refractivity contribution in [2.45, 2.75) is 19.4 Å². The Labute approximate surface area is 107 Å². The highest BCUT2D eigenvalue weighted by Gasteiger charge is 2.51. The van der Waals surface area contributed by atoms with E-state index in [2.05, 4.69) is 6.07 Å². The summed E-state index contributed by atoms with van der Waals surface area (Å²) in [6.45, 7) is 0.520. The number of nitrogens with zero attached hydrogens (tertiary/aromatic N) is 2. The molecule has 1 saturated carbocycles. The number of hydrogen-bond donors (Lipinski definition) is 0. The van der Waals surface area contributed by atoms with Crippen LogP contribution in [0.1, 0.15) is 18.4 Å². The zero-order valence-corrected chi connectivity index (χ0v) is 10.6. The molecule has 0 radical (unpaired) electrons. The first kappa shape index (κ1) is 12.4. The second kappa shape index (κ2) is 4.69. The molecular weight excluding hydrogens is 228 g/mol. The molecule has 1 aliphatic carbocycles. The van der Waals surface area contributed by atoms with Gasteiger partial charge in [-0.15, -0.1) is 0 Å². The van der Waals surface area contributed by atoms with Crippen LogP contribution in [0.5, 0.6) is 5.75 Å². The lowest BCUT2D eigenvalue weighted by atomic mass is 10.1. The van der Waals surface area contributed by atoms with Crippen LogP contribution in [0, 0.1) is 16.7 Å². The molecule has 0 heterocycles. The van der Waals surface area contributed by atoms with Gasteiger partial charge in [-0.3, -0.25) is 4.79 Å². The van der Waals surface area contributed by atoms with Crippen LogP contribution in [0.2, 0.25) is 0 Å². The number of methoxy groups -OCH3 is 1. The fourth-order valence-corrected chi connectivity index (χ4v) is 1.94. The highest BCUT2D eigenvalue weighted by atomic mass is 16.5. The van der Waals surface area contributed by atoms with E-state index in [1.807, 2.05) is 24.3 Å². The molecule has 18 heavy (non-hydrogen) atoms. The molecule has 4 heteroatoms. The van der Waals surface area contributed by atoms with Gasteiger partial charge in [0.25, 0.3) is 0 Å². The Morgan fingerprint density at radius 3 is 2.50 bits per heavy atom. The van der Waals surface area contributed by atoms with Crippen molar-refractivity contribution in [2.24, 2.45) is 5.41 Å². The first-order valence-corrected chi connectivity index (χ1v) is 5.91. The van der Waals surface area contributed by atoms with E-state index in [9.17, 15) is 4.79 Å². The maximum atomic E-state index is 12.1. The molecule has 4 nitrogen and oxygen atoms in total. The number of benzene rings is 1. The second-order valence-electron chi connectivity index (χ2n) is 4.70. The largest absolute Gasteiger partial charge is 0.497 e. The van der Waals surface area contributed by atoms with Crippen LogP contribution in [0.3, 0.4) is 0 Å². The highest BCUT2D eigenvalue weighted by molar-refractivity contribution is 5.88. The second-order valence-corrected chi connectivity index (χ2v) is 4.70.